The van der Waals surface area contributed by atoms with Crippen LogP contribution < -0.4 is 14.2 Å². The van der Waals surface area contributed by atoms with Gasteiger partial charge in [0, 0.05) is 73.8 Å². The molecule has 8 nitrogen and oxygen atoms in total. The van der Waals surface area contributed by atoms with Crippen molar-refractivity contribution in [1.82, 2.24) is 24.7 Å². The maximum absolute atomic E-state index is 15.0. The number of hydrogen-bond acceptors (Lipinski definition) is 8. The Bertz CT molecular complexity index is 4420. The fraction of sp³-hybridized carbons (Fsp3) is 0.570. The molecule has 123 heavy (non-hydrogen) atoms. The highest BCUT2D eigenvalue weighted by Gasteiger charge is 2.47. The number of likely N-dealkylation sites (tertiary alicyclic amines) is 3. The van der Waals surface area contributed by atoms with Crippen molar-refractivity contribution in [3.05, 3.63) is 213 Å². The lowest BCUT2D eigenvalue weighted by Gasteiger charge is -2.45. The zero-order valence-electron chi connectivity index (χ0n) is 73.0. The lowest BCUT2D eigenvalue weighted by Crippen LogP contribution is -2.49. The third-order valence-electron chi connectivity index (χ3n) is 22.5. The van der Waals surface area contributed by atoms with Crippen LogP contribution in [0.3, 0.4) is 0 Å². The van der Waals surface area contributed by atoms with Gasteiger partial charge in [0.2, 0.25) is 11.8 Å². The lowest BCUT2D eigenvalue weighted by molar-refractivity contribution is -0.274. The lowest BCUT2D eigenvalue weighted by atomic mass is 9.72. The van der Waals surface area contributed by atoms with Gasteiger partial charge >= 0.3 is 37.2 Å². The maximum atomic E-state index is 15.0. The molecule has 2 aromatic heterocycles. The van der Waals surface area contributed by atoms with E-state index in [2.05, 4.69) is 118 Å². The first kappa shape index (κ1) is 106. The number of nitrogens with zero attached hydrogens (tertiary/aromatic N) is 5. The van der Waals surface area contributed by atoms with E-state index in [1.165, 1.54) is 54.4 Å². The zero-order chi connectivity index (χ0) is 92.7. The smallest absolute Gasteiger partial charge is 0.471 e. The Hall–Kier alpha value is -5.34. The second-order valence-corrected chi connectivity index (χ2v) is 40.6. The fourth-order valence-electron chi connectivity index (χ4n) is 14.3. The van der Waals surface area contributed by atoms with Gasteiger partial charge in [-0.3, -0.25) is 14.7 Å². The Morgan fingerprint density at radius 2 is 0.927 bits per heavy atom. The summed E-state index contributed by atoms with van der Waals surface area (Å²) in [6, 6.07) is 34.0. The first-order valence-corrected chi connectivity index (χ1v) is 43.6. The van der Waals surface area contributed by atoms with E-state index in [0.717, 1.165) is 105 Å². The molecule has 30 heteroatoms. The number of pyridine rings is 2. The van der Waals surface area contributed by atoms with Crippen molar-refractivity contribution >= 4 is 81.2 Å². The molecular weight excluding hydrogens is 1770 g/mol. The molecule has 1 aliphatic carbocycles. The minimum Gasteiger partial charge on any atom is -0.471 e. The van der Waals surface area contributed by atoms with Gasteiger partial charge in [0.25, 0.3) is 0 Å². The van der Waals surface area contributed by atoms with Crippen molar-refractivity contribution in [2.24, 2.45) is 28.6 Å². The zero-order valence-corrected chi connectivity index (χ0v) is 78.3. The average molecular weight is 1890 g/mol. The number of ether oxygens (including phenoxy) is 3. The molecule has 4 fully saturated rings. The van der Waals surface area contributed by atoms with Gasteiger partial charge in [-0.1, -0.05) is 229 Å². The molecule has 5 heterocycles. The molecule has 0 spiro atoms. The molecule has 0 bridgehead atoms. The summed E-state index contributed by atoms with van der Waals surface area (Å²) in [5.74, 6) is -6.57. The number of piperidine rings is 3. The van der Waals surface area contributed by atoms with Crippen LogP contribution in [0, 0.1) is 28.6 Å². The summed E-state index contributed by atoms with van der Waals surface area (Å²) >= 11 is 42.2. The van der Waals surface area contributed by atoms with Crippen LogP contribution >= 0.6 is 81.2 Å². The molecule has 7 aromatic rings. The highest BCUT2D eigenvalue weighted by Crippen LogP contribution is 2.48. The molecule has 2 atom stereocenters. The summed E-state index contributed by atoms with van der Waals surface area (Å²) in [5.41, 5.74) is 4.84. The van der Waals surface area contributed by atoms with Crippen LogP contribution in [0.1, 0.15) is 244 Å². The maximum Gasteiger partial charge on any atom is 0.573 e. The summed E-state index contributed by atoms with van der Waals surface area (Å²) in [6.07, 6.45) is -5.95. The number of hydrogen-bond donors (Lipinski definition) is 0. The van der Waals surface area contributed by atoms with Crippen LogP contribution in [-0.4, -0.2) is 114 Å². The van der Waals surface area contributed by atoms with Gasteiger partial charge in [-0.15, -0.1) is 13.2 Å². The Morgan fingerprint density at radius 1 is 0.463 bits per heavy atom. The van der Waals surface area contributed by atoms with Gasteiger partial charge < -0.3 is 14.2 Å². The number of alkyl halides is 15. The molecular formula is C93H117Cl7F15N5O3. The van der Waals surface area contributed by atoms with Gasteiger partial charge in [0.15, 0.2) is 13.2 Å². The largest absolute Gasteiger partial charge is 0.573 e. The highest BCUT2D eigenvalue weighted by atomic mass is 35.5. The number of aromatic nitrogens is 2. The van der Waals surface area contributed by atoms with Gasteiger partial charge in [-0.2, -0.15) is 30.7 Å². The van der Waals surface area contributed by atoms with Crippen molar-refractivity contribution in [3.8, 4) is 17.5 Å². The summed E-state index contributed by atoms with van der Waals surface area (Å²) < 4.78 is 203. The molecule has 1 saturated carbocycles. The Morgan fingerprint density at radius 3 is 1.36 bits per heavy atom. The second kappa shape index (κ2) is 44.3. The molecule has 1 unspecified atom stereocenters. The Kier molecular flexibility index (Phi) is 38.3. The minimum atomic E-state index is -4.69. The average Bonchev–Trinajstić information content (AvgIpc) is 1.70. The van der Waals surface area contributed by atoms with Crippen molar-refractivity contribution in [3.63, 3.8) is 0 Å². The van der Waals surface area contributed by atoms with Crippen LogP contribution in [-0.2, 0) is 29.0 Å². The Labute approximate surface area is 752 Å². The fourth-order valence-corrected chi connectivity index (χ4v) is 16.0. The van der Waals surface area contributed by atoms with E-state index in [0.29, 0.717) is 67.3 Å². The third kappa shape index (κ3) is 33.9. The monoisotopic (exact) mass is 1880 g/mol. The predicted octanol–water partition coefficient (Wildman–Crippen LogP) is 31.4. The van der Waals surface area contributed by atoms with E-state index in [4.69, 9.17) is 85.9 Å². The number of halogens is 22. The van der Waals surface area contributed by atoms with Crippen LogP contribution in [0.5, 0.6) is 17.5 Å². The van der Waals surface area contributed by atoms with Gasteiger partial charge in [-0.05, 0) is 259 Å². The summed E-state index contributed by atoms with van der Waals surface area (Å²) in [7, 11) is 0. The molecule has 0 N–H and O–H groups in total. The molecule has 5 aromatic carbocycles. The summed E-state index contributed by atoms with van der Waals surface area (Å²) in [4.78, 5) is 14.8. The van der Waals surface area contributed by atoms with Crippen molar-refractivity contribution in [2.75, 3.05) is 52.5 Å². The predicted molar refractivity (Wildman–Crippen MR) is 469 cm³/mol. The van der Waals surface area contributed by atoms with Crippen LogP contribution in [0.15, 0.2) is 128 Å². The van der Waals surface area contributed by atoms with Crippen LogP contribution in [0.4, 0.5) is 65.9 Å². The highest BCUT2D eigenvalue weighted by molar-refractivity contribution is 6.35. The molecule has 3 aliphatic heterocycles. The summed E-state index contributed by atoms with van der Waals surface area (Å²) in [5, 5.41) is 3.30. The topological polar surface area (TPSA) is 63.2 Å². The SMILES string of the molecule is CC(C)(C)C1CCN(C(c2ccccc2)c2cc(Cl)cc(Cl)c2)CC1.CC(C)(C)c1cc(Cl)cc(OC(F)(F)F)c1.CC(C)(C)c1cnc(OCC(F)(F)C(F)F)c(C2CC2)c1.CC(C)(C)c1cnc(OCC(F)(F)C(F)F)c(Cl)c1.CC(C)C1CCN(Cc2cc(Cl)ccc2C(F)(F)F)CC1.C[C@@H](c1cc(Cl)cc(Cl)c1)N1CCC(F)(C(C)(C)C)CC1. The molecule has 11 rings (SSSR count). The molecule has 0 amide bonds. The van der Waals surface area contributed by atoms with E-state index in [1.54, 1.807) is 24.4 Å². The standard InChI is InChI=1S/C22H27Cl2N.C17H24Cl2FN.C16H21ClF3N.C15H19F4NO.C12H14ClF4NO.C11H12ClF3O/c1-22(2,3)18-9-11-25(12-10-18)21(16-7-5-4-6-8-16)17-13-19(23)15-20(24)14-17;1-12(13-9-14(18)11-15(19)10-13)21-7-5-17(20,6-8-21)16(2,3)4;1-11(2)12-5-7-21(8-6-12)10-13-9-14(17)3-4-15(13)16(18,19)20;1-14(2,3)10-6-11(9-4-5-9)12(20-7-10)21-8-15(18,19)13(16)17;1-11(2,3)7-4-8(13)9(18-5-7)19-6-12(16,17)10(14)15;1-10(2,3)7-4-8(12)6-9(5-7)16-11(13,14)15/h4-8,13-15,18,21H,9-12H2,1-3H3;9-12H,5-8H2,1-4H3;3-4,9,11-12H,5-8,10H2,1-2H3;6-7,9,13H,4-5,8H2,1-3H3;4-5,10H,6H2,1-3H3;4-6H,1-3H3/t;12-;;;;/m.0..../s1. The molecule has 3 saturated heterocycles. The van der Waals surface area contributed by atoms with E-state index in [-0.39, 0.29) is 72.8 Å². The minimum absolute atomic E-state index is 0.0116. The number of benzene rings is 5. The Balaban J connectivity index is 0.000000229. The van der Waals surface area contributed by atoms with Gasteiger partial charge in [0.1, 0.15) is 16.4 Å². The van der Waals surface area contributed by atoms with Crippen molar-refractivity contribution in [1.29, 1.82) is 0 Å². The molecule has 0 radical (unpaired) electrons. The first-order valence-electron chi connectivity index (χ1n) is 41.0. The molecule has 4 aliphatic rings. The van der Waals surface area contributed by atoms with Gasteiger partial charge in [-0.25, -0.2) is 31.9 Å². The van der Waals surface area contributed by atoms with E-state index >= 15 is 0 Å². The third-order valence-corrected chi connectivity index (χ3v) is 24.1. The van der Waals surface area contributed by atoms with E-state index < -0.39 is 61.7 Å². The van der Waals surface area contributed by atoms with Crippen molar-refractivity contribution in [2.45, 2.75) is 260 Å². The van der Waals surface area contributed by atoms with Crippen LogP contribution in [0.2, 0.25) is 35.2 Å². The first-order chi connectivity index (χ1) is 56.5. The number of rotatable bonds is 18. The van der Waals surface area contributed by atoms with Crippen LogP contribution in [0.25, 0.3) is 0 Å². The van der Waals surface area contributed by atoms with E-state index in [9.17, 15) is 65.9 Å². The van der Waals surface area contributed by atoms with E-state index in [1.807, 2.05) is 101 Å². The second-order valence-electron chi connectivity index (χ2n) is 37.6. The van der Waals surface area contributed by atoms with Crippen molar-refractivity contribution < 1.29 is 80.1 Å². The van der Waals surface area contributed by atoms with Gasteiger partial charge in [0.05, 0.1) is 11.6 Å². The normalized spacial score (nSPS) is 16.9. The quantitative estimate of drug-likeness (QED) is 0.0788. The summed E-state index contributed by atoms with van der Waals surface area (Å²) in [6.45, 7) is 40.0. The molecule has 686 valence electrons.